The van der Waals surface area contributed by atoms with Crippen molar-refractivity contribution >= 4 is 42.3 Å². The summed E-state index contributed by atoms with van der Waals surface area (Å²) in [5, 5.41) is 0. The fourth-order valence-electron chi connectivity index (χ4n) is 3.61. The number of para-hydroxylation sites is 4. The van der Waals surface area contributed by atoms with E-state index in [4.69, 9.17) is 0 Å². The molecule has 0 unspecified atom stereocenters. The molecule has 32 heavy (non-hydrogen) atoms. The molecule has 4 N–H and O–H groups in total. The van der Waals surface area contributed by atoms with E-state index in [2.05, 4.69) is 19.9 Å². The quantitative estimate of drug-likeness (QED) is 0.290. The second kappa shape index (κ2) is 6.97. The van der Waals surface area contributed by atoms with Crippen LogP contribution in [-0.4, -0.2) is 45.9 Å². The maximum absolute atomic E-state index is 12.4. The zero-order valence-corrected chi connectivity index (χ0v) is 17.6. The molecule has 5 aromatic rings. The molecular weight excluding hydrogens is 456 g/mol. The fourth-order valence-corrected chi connectivity index (χ4v) is 5.60. The Bertz CT molecular complexity index is 1670. The topological polar surface area (TPSA) is 166 Å². The van der Waals surface area contributed by atoms with Gasteiger partial charge in [0.1, 0.15) is 21.4 Å². The molecule has 0 amide bonds. The molecular formula is C20H14N4O6S2. The molecule has 12 heteroatoms. The Morgan fingerprint density at radius 2 is 1.19 bits per heavy atom. The van der Waals surface area contributed by atoms with Gasteiger partial charge in [-0.25, -0.2) is 9.97 Å². The van der Waals surface area contributed by atoms with Crippen LogP contribution < -0.4 is 0 Å². The highest BCUT2D eigenvalue weighted by atomic mass is 32.2. The number of rotatable bonds is 4. The van der Waals surface area contributed by atoms with Crippen molar-refractivity contribution in [2.75, 3.05) is 0 Å². The first-order chi connectivity index (χ1) is 15.1. The minimum atomic E-state index is -5.13. The molecule has 0 fully saturated rings. The molecule has 162 valence electrons. The van der Waals surface area contributed by atoms with E-state index in [9.17, 15) is 25.9 Å². The molecule has 2 heterocycles. The molecule has 0 bridgehead atoms. The monoisotopic (exact) mass is 470 g/mol. The molecule has 0 radical (unpaired) electrons. The number of fused-ring (bicyclic) bond motifs is 2. The van der Waals surface area contributed by atoms with Gasteiger partial charge in [0, 0.05) is 5.56 Å². The highest BCUT2D eigenvalue weighted by molar-refractivity contribution is 7.89. The number of nitrogens with zero attached hydrogens (tertiary/aromatic N) is 2. The summed E-state index contributed by atoms with van der Waals surface area (Å²) in [5.74, 6) is 0.188. The van der Waals surface area contributed by atoms with E-state index >= 15 is 0 Å². The van der Waals surface area contributed by atoms with Crippen LogP contribution in [0.25, 0.3) is 44.8 Å². The second-order valence-corrected chi connectivity index (χ2v) is 9.72. The van der Waals surface area contributed by atoms with Gasteiger partial charge in [-0.2, -0.15) is 16.8 Å². The van der Waals surface area contributed by atoms with E-state index in [1.54, 1.807) is 48.5 Å². The SMILES string of the molecule is O=S(=O)(O)c1ccc(-c2nc3ccccc3[nH]2)c(-c2nc3ccccc3[nH]2)c1S(=O)(=O)O. The van der Waals surface area contributed by atoms with Crippen LogP contribution in [0.3, 0.4) is 0 Å². The lowest BCUT2D eigenvalue weighted by Gasteiger charge is -2.13. The van der Waals surface area contributed by atoms with Crippen molar-refractivity contribution in [3.8, 4) is 22.8 Å². The van der Waals surface area contributed by atoms with Gasteiger partial charge in [0.2, 0.25) is 0 Å². The fraction of sp³-hybridized carbons (Fsp3) is 0. The van der Waals surface area contributed by atoms with Crippen LogP contribution >= 0.6 is 0 Å². The number of hydrogen-bond donors (Lipinski definition) is 4. The van der Waals surface area contributed by atoms with Gasteiger partial charge in [0.15, 0.2) is 0 Å². The van der Waals surface area contributed by atoms with Crippen LogP contribution in [0.2, 0.25) is 0 Å². The Morgan fingerprint density at radius 1 is 0.656 bits per heavy atom. The molecule has 0 atom stereocenters. The lowest BCUT2D eigenvalue weighted by molar-refractivity contribution is 0.467. The maximum Gasteiger partial charge on any atom is 0.296 e. The van der Waals surface area contributed by atoms with Crippen LogP contribution in [0.4, 0.5) is 0 Å². The van der Waals surface area contributed by atoms with Gasteiger partial charge in [-0.15, -0.1) is 0 Å². The Hall–Kier alpha value is -3.58. The van der Waals surface area contributed by atoms with Crippen molar-refractivity contribution < 1.29 is 25.9 Å². The first-order valence-corrected chi connectivity index (χ1v) is 12.0. The van der Waals surface area contributed by atoms with Gasteiger partial charge in [-0.3, -0.25) is 9.11 Å². The van der Waals surface area contributed by atoms with Gasteiger partial charge < -0.3 is 9.97 Å². The number of aromatic amines is 2. The van der Waals surface area contributed by atoms with E-state index in [1.165, 1.54) is 6.07 Å². The molecule has 10 nitrogen and oxygen atoms in total. The Balaban J connectivity index is 1.94. The summed E-state index contributed by atoms with van der Waals surface area (Å²) in [4.78, 5) is 12.8. The molecule has 0 saturated carbocycles. The molecule has 0 aliphatic heterocycles. The minimum Gasteiger partial charge on any atom is -0.338 e. The number of benzene rings is 3. The summed E-state index contributed by atoms with van der Waals surface area (Å²) >= 11 is 0. The molecule has 0 aliphatic rings. The van der Waals surface area contributed by atoms with Crippen molar-refractivity contribution in [2.45, 2.75) is 9.79 Å². The maximum atomic E-state index is 12.4. The Labute approximate surface area is 181 Å². The van der Waals surface area contributed by atoms with Crippen molar-refractivity contribution in [3.63, 3.8) is 0 Å². The zero-order chi connectivity index (χ0) is 22.7. The molecule has 0 saturated heterocycles. The normalized spacial score (nSPS) is 12.6. The predicted molar refractivity (Wildman–Crippen MR) is 116 cm³/mol. The number of nitrogens with one attached hydrogen (secondary N) is 2. The van der Waals surface area contributed by atoms with Gasteiger partial charge in [0.05, 0.1) is 27.6 Å². The Morgan fingerprint density at radius 3 is 1.72 bits per heavy atom. The summed E-state index contributed by atoms with van der Waals surface area (Å²) < 4.78 is 68.3. The van der Waals surface area contributed by atoms with Gasteiger partial charge >= 0.3 is 0 Å². The molecule has 0 aliphatic carbocycles. The van der Waals surface area contributed by atoms with E-state index in [1.807, 2.05) is 0 Å². The predicted octanol–water partition coefficient (Wildman–Crippen LogP) is 3.27. The largest absolute Gasteiger partial charge is 0.338 e. The first-order valence-electron chi connectivity index (χ1n) is 9.15. The van der Waals surface area contributed by atoms with Crippen LogP contribution in [0.5, 0.6) is 0 Å². The van der Waals surface area contributed by atoms with Crippen LogP contribution in [0, 0.1) is 0 Å². The van der Waals surface area contributed by atoms with Gasteiger partial charge in [-0.05, 0) is 36.4 Å². The highest BCUT2D eigenvalue weighted by Crippen LogP contribution is 2.39. The lowest BCUT2D eigenvalue weighted by Crippen LogP contribution is -2.11. The van der Waals surface area contributed by atoms with Crippen molar-refractivity contribution in [2.24, 2.45) is 0 Å². The highest BCUT2D eigenvalue weighted by Gasteiger charge is 2.32. The number of imidazole rings is 2. The molecule has 0 spiro atoms. The first kappa shape index (κ1) is 20.3. The summed E-state index contributed by atoms with van der Waals surface area (Å²) in [5.41, 5.74) is 2.18. The van der Waals surface area contributed by atoms with Crippen LogP contribution in [0.1, 0.15) is 0 Å². The second-order valence-electron chi connectivity index (χ2n) is 6.97. The minimum absolute atomic E-state index is 0.0280. The van der Waals surface area contributed by atoms with E-state index in [0.717, 1.165) is 6.07 Å². The van der Waals surface area contributed by atoms with E-state index in [0.29, 0.717) is 22.1 Å². The molecule has 5 rings (SSSR count). The van der Waals surface area contributed by atoms with Crippen LogP contribution in [-0.2, 0) is 20.2 Å². The Kier molecular flexibility index (Phi) is 4.43. The average molecular weight is 470 g/mol. The smallest absolute Gasteiger partial charge is 0.296 e. The van der Waals surface area contributed by atoms with Gasteiger partial charge in [-0.1, -0.05) is 24.3 Å². The number of hydrogen-bond acceptors (Lipinski definition) is 6. The van der Waals surface area contributed by atoms with Crippen molar-refractivity contribution in [3.05, 3.63) is 60.7 Å². The van der Waals surface area contributed by atoms with Crippen molar-refractivity contribution in [1.29, 1.82) is 0 Å². The molecule has 3 aromatic carbocycles. The van der Waals surface area contributed by atoms with E-state index < -0.39 is 30.0 Å². The third-order valence-corrected chi connectivity index (χ3v) is 6.89. The number of H-pyrrole nitrogens is 2. The summed E-state index contributed by atoms with van der Waals surface area (Å²) in [6.45, 7) is 0. The zero-order valence-electron chi connectivity index (χ0n) is 16.0. The summed E-state index contributed by atoms with van der Waals surface area (Å²) in [7, 11) is -10.1. The molecule has 2 aromatic heterocycles. The van der Waals surface area contributed by atoms with Crippen LogP contribution in [0.15, 0.2) is 70.5 Å². The van der Waals surface area contributed by atoms with Crippen molar-refractivity contribution in [1.82, 2.24) is 19.9 Å². The van der Waals surface area contributed by atoms with E-state index in [-0.39, 0.29) is 22.8 Å². The van der Waals surface area contributed by atoms with Gasteiger partial charge in [0.25, 0.3) is 20.2 Å². The summed E-state index contributed by atoms with van der Waals surface area (Å²) in [6, 6.07) is 16.1. The summed E-state index contributed by atoms with van der Waals surface area (Å²) in [6.07, 6.45) is 0. The standard InChI is InChI=1S/C20H14N4O6S2/c25-31(26,27)16-10-9-11(19-21-12-5-1-2-6-13(12)22-19)17(18(16)32(28,29)30)20-23-14-7-3-4-8-15(14)24-20/h1-10H,(H,21,22)(H,23,24)(H,25,26,27)(H,28,29,30). The average Bonchev–Trinajstić information content (AvgIpc) is 3.35. The lowest BCUT2D eigenvalue weighted by atomic mass is 10.1. The third-order valence-electron chi connectivity index (χ3n) is 4.93. The number of aromatic nitrogens is 4. The third kappa shape index (κ3) is 3.35.